The lowest BCUT2D eigenvalue weighted by Gasteiger charge is -2.11. The minimum atomic E-state index is 0.262. The van der Waals surface area contributed by atoms with Gasteiger partial charge in [-0.15, -0.1) is 11.3 Å². The number of halogens is 1. The van der Waals surface area contributed by atoms with Crippen molar-refractivity contribution in [2.24, 2.45) is 0 Å². The highest BCUT2D eigenvalue weighted by Crippen LogP contribution is 2.33. The van der Waals surface area contributed by atoms with Crippen molar-refractivity contribution >= 4 is 39.7 Å². The van der Waals surface area contributed by atoms with Crippen LogP contribution in [-0.2, 0) is 4.74 Å². The van der Waals surface area contributed by atoms with E-state index in [2.05, 4.69) is 10.3 Å². The molecule has 0 aliphatic carbocycles. The highest BCUT2D eigenvalue weighted by Gasteiger charge is 2.12. The Bertz CT molecular complexity index is 819. The minimum Gasteiger partial charge on any atom is -0.379 e. The minimum absolute atomic E-state index is 0.262. The molecule has 2 heterocycles. The SMILES string of the molecule is CC(C)OCCCNc1nc(-c2sccc2Cl)nc2ccccc12. The van der Waals surface area contributed by atoms with Crippen LogP contribution in [0.2, 0.25) is 5.02 Å². The maximum atomic E-state index is 6.25. The van der Waals surface area contributed by atoms with Crippen molar-refractivity contribution in [1.82, 2.24) is 9.97 Å². The molecule has 0 saturated heterocycles. The number of nitrogens with one attached hydrogen (secondary N) is 1. The molecule has 24 heavy (non-hydrogen) atoms. The van der Waals surface area contributed by atoms with Gasteiger partial charge in [0, 0.05) is 18.5 Å². The van der Waals surface area contributed by atoms with Gasteiger partial charge in [-0.1, -0.05) is 23.7 Å². The quantitative estimate of drug-likeness (QED) is 0.584. The van der Waals surface area contributed by atoms with Gasteiger partial charge in [0.05, 0.1) is 21.5 Å². The Kier molecular flexibility index (Phi) is 5.66. The van der Waals surface area contributed by atoms with E-state index in [-0.39, 0.29) is 6.10 Å². The number of fused-ring (bicyclic) bond motifs is 1. The van der Waals surface area contributed by atoms with Crippen LogP contribution >= 0.6 is 22.9 Å². The van der Waals surface area contributed by atoms with Crippen LogP contribution < -0.4 is 5.32 Å². The number of aromatic nitrogens is 2. The zero-order valence-electron chi connectivity index (χ0n) is 13.8. The molecule has 0 aliphatic heterocycles. The maximum Gasteiger partial charge on any atom is 0.173 e. The molecule has 126 valence electrons. The largest absolute Gasteiger partial charge is 0.379 e. The molecule has 0 atom stereocenters. The summed E-state index contributed by atoms with van der Waals surface area (Å²) >= 11 is 7.80. The first-order valence-electron chi connectivity index (χ1n) is 8.01. The van der Waals surface area contributed by atoms with E-state index in [1.54, 1.807) is 11.3 Å². The van der Waals surface area contributed by atoms with E-state index < -0.39 is 0 Å². The van der Waals surface area contributed by atoms with Crippen LogP contribution in [0, 0.1) is 0 Å². The normalized spacial score (nSPS) is 11.3. The van der Waals surface area contributed by atoms with Crippen LogP contribution in [-0.4, -0.2) is 29.2 Å². The average Bonchev–Trinajstić information content (AvgIpc) is 3.00. The monoisotopic (exact) mass is 361 g/mol. The lowest BCUT2D eigenvalue weighted by atomic mass is 10.2. The van der Waals surface area contributed by atoms with Crippen LogP contribution in [0.3, 0.4) is 0 Å². The summed E-state index contributed by atoms with van der Waals surface area (Å²) in [6.07, 6.45) is 1.18. The molecule has 1 N–H and O–H groups in total. The zero-order chi connectivity index (χ0) is 16.9. The summed E-state index contributed by atoms with van der Waals surface area (Å²) in [5.74, 6) is 1.50. The molecule has 4 nitrogen and oxygen atoms in total. The number of ether oxygens (including phenoxy) is 1. The Morgan fingerprint density at radius 2 is 2.04 bits per heavy atom. The van der Waals surface area contributed by atoms with E-state index in [1.165, 1.54) is 0 Å². The molecule has 1 aromatic carbocycles. The van der Waals surface area contributed by atoms with Gasteiger partial charge in [-0.2, -0.15) is 0 Å². The van der Waals surface area contributed by atoms with Crippen LogP contribution in [0.25, 0.3) is 21.6 Å². The van der Waals surface area contributed by atoms with Crippen LogP contribution in [0.4, 0.5) is 5.82 Å². The van der Waals surface area contributed by atoms with E-state index >= 15 is 0 Å². The van der Waals surface area contributed by atoms with Crippen molar-refractivity contribution in [1.29, 1.82) is 0 Å². The van der Waals surface area contributed by atoms with Gasteiger partial charge in [0.15, 0.2) is 5.82 Å². The Balaban J connectivity index is 1.84. The number of hydrogen-bond donors (Lipinski definition) is 1. The molecule has 3 rings (SSSR count). The molecule has 0 radical (unpaired) electrons. The molecule has 0 spiro atoms. The molecule has 0 amide bonds. The summed E-state index contributed by atoms with van der Waals surface area (Å²) in [6, 6.07) is 9.87. The molecular formula is C18H20ClN3OS. The van der Waals surface area contributed by atoms with Crippen molar-refractivity contribution in [2.75, 3.05) is 18.5 Å². The van der Waals surface area contributed by atoms with Gasteiger partial charge < -0.3 is 10.1 Å². The van der Waals surface area contributed by atoms with Gasteiger partial charge in [0.25, 0.3) is 0 Å². The second kappa shape index (κ2) is 7.92. The van der Waals surface area contributed by atoms with E-state index in [0.29, 0.717) is 10.8 Å². The van der Waals surface area contributed by atoms with Crippen LogP contribution in [0.5, 0.6) is 0 Å². The first-order valence-corrected chi connectivity index (χ1v) is 9.26. The second-order valence-electron chi connectivity index (χ2n) is 5.71. The first kappa shape index (κ1) is 17.1. The smallest absolute Gasteiger partial charge is 0.173 e. The third-order valence-electron chi connectivity index (χ3n) is 3.49. The fourth-order valence-electron chi connectivity index (χ4n) is 2.36. The molecule has 0 bridgehead atoms. The van der Waals surface area contributed by atoms with Gasteiger partial charge in [0.2, 0.25) is 0 Å². The molecule has 2 aromatic heterocycles. The van der Waals surface area contributed by atoms with E-state index in [4.69, 9.17) is 21.3 Å². The first-order chi connectivity index (χ1) is 11.6. The van der Waals surface area contributed by atoms with E-state index in [9.17, 15) is 0 Å². The van der Waals surface area contributed by atoms with Gasteiger partial charge in [0.1, 0.15) is 5.82 Å². The van der Waals surface area contributed by atoms with Gasteiger partial charge in [-0.3, -0.25) is 0 Å². The Hall–Kier alpha value is -1.69. The second-order valence-corrected chi connectivity index (χ2v) is 7.03. The Labute approximate surface area is 150 Å². The standard InChI is InChI=1S/C18H20ClN3OS/c1-12(2)23-10-5-9-20-17-13-6-3-4-7-15(13)21-18(22-17)16-14(19)8-11-24-16/h3-4,6-8,11-12H,5,9-10H2,1-2H3,(H,20,21,22). The lowest BCUT2D eigenvalue weighted by molar-refractivity contribution is 0.0787. The Morgan fingerprint density at radius 1 is 1.21 bits per heavy atom. The van der Waals surface area contributed by atoms with Crippen molar-refractivity contribution in [3.63, 3.8) is 0 Å². The highest BCUT2D eigenvalue weighted by atomic mass is 35.5. The summed E-state index contributed by atoms with van der Waals surface area (Å²) in [7, 11) is 0. The van der Waals surface area contributed by atoms with E-state index in [1.807, 2.05) is 49.6 Å². The van der Waals surface area contributed by atoms with Crippen LogP contribution in [0.1, 0.15) is 20.3 Å². The number of anilines is 1. The molecular weight excluding hydrogens is 342 g/mol. The van der Waals surface area contributed by atoms with Crippen molar-refractivity contribution in [3.8, 4) is 10.7 Å². The molecule has 0 fully saturated rings. The zero-order valence-corrected chi connectivity index (χ0v) is 15.3. The third-order valence-corrected chi connectivity index (χ3v) is 4.83. The van der Waals surface area contributed by atoms with Gasteiger partial charge in [-0.25, -0.2) is 9.97 Å². The van der Waals surface area contributed by atoms with Gasteiger partial charge >= 0.3 is 0 Å². The van der Waals surface area contributed by atoms with E-state index in [0.717, 1.165) is 41.2 Å². The van der Waals surface area contributed by atoms with Crippen molar-refractivity contribution in [2.45, 2.75) is 26.4 Å². The predicted octanol–water partition coefficient (Wildman–Crippen LogP) is 5.24. The summed E-state index contributed by atoms with van der Waals surface area (Å²) in [5.41, 5.74) is 0.910. The highest BCUT2D eigenvalue weighted by molar-refractivity contribution is 7.14. The number of thiophene rings is 1. The summed E-state index contributed by atoms with van der Waals surface area (Å²) in [4.78, 5) is 10.3. The average molecular weight is 362 g/mol. The summed E-state index contributed by atoms with van der Waals surface area (Å²) in [6.45, 7) is 5.62. The number of hydrogen-bond acceptors (Lipinski definition) is 5. The lowest BCUT2D eigenvalue weighted by Crippen LogP contribution is -2.10. The van der Waals surface area contributed by atoms with Crippen molar-refractivity contribution < 1.29 is 4.74 Å². The molecule has 3 aromatic rings. The third kappa shape index (κ3) is 4.04. The Morgan fingerprint density at radius 3 is 2.79 bits per heavy atom. The maximum absolute atomic E-state index is 6.25. The molecule has 0 saturated carbocycles. The molecule has 0 aliphatic rings. The summed E-state index contributed by atoms with van der Waals surface area (Å²) < 4.78 is 5.58. The summed E-state index contributed by atoms with van der Waals surface area (Å²) in [5, 5.41) is 7.06. The number of nitrogens with zero attached hydrogens (tertiary/aromatic N) is 2. The molecule has 0 unspecified atom stereocenters. The predicted molar refractivity (Wildman–Crippen MR) is 102 cm³/mol. The van der Waals surface area contributed by atoms with Crippen molar-refractivity contribution in [3.05, 3.63) is 40.7 Å². The fourth-order valence-corrected chi connectivity index (χ4v) is 3.44. The fraction of sp³-hybridized carbons (Fsp3) is 0.333. The number of rotatable bonds is 7. The number of benzene rings is 1. The van der Waals surface area contributed by atoms with Gasteiger partial charge in [-0.05, 0) is 43.8 Å². The topological polar surface area (TPSA) is 47.0 Å². The van der Waals surface area contributed by atoms with Crippen LogP contribution in [0.15, 0.2) is 35.7 Å². The molecule has 6 heteroatoms. The number of para-hydroxylation sites is 1.